The van der Waals surface area contributed by atoms with Gasteiger partial charge in [0.2, 0.25) is 5.91 Å². The van der Waals surface area contributed by atoms with Gasteiger partial charge in [-0.15, -0.1) is 6.58 Å². The fourth-order valence-corrected chi connectivity index (χ4v) is 3.32. The van der Waals surface area contributed by atoms with Crippen molar-refractivity contribution in [2.45, 2.75) is 50.2 Å². The number of thioether (sulfide) groups is 1. The second kappa shape index (κ2) is 7.62. The molecule has 0 aliphatic rings. The molecule has 5 nitrogen and oxygen atoms in total. The Labute approximate surface area is 156 Å². The molecule has 25 heavy (non-hydrogen) atoms. The van der Waals surface area contributed by atoms with Crippen LogP contribution in [0.1, 0.15) is 27.7 Å². The molecular formula is C18H22ClN3O2S. The first kappa shape index (κ1) is 19.5. The molecular weight excluding hydrogens is 358 g/mol. The molecule has 134 valence electrons. The lowest BCUT2D eigenvalue weighted by Gasteiger charge is -2.23. The minimum Gasteiger partial charge on any atom is -0.351 e. The van der Waals surface area contributed by atoms with Crippen LogP contribution in [-0.4, -0.2) is 26.2 Å². The number of halogens is 1. The van der Waals surface area contributed by atoms with Crippen molar-refractivity contribution in [1.29, 1.82) is 0 Å². The average molecular weight is 380 g/mol. The summed E-state index contributed by atoms with van der Waals surface area (Å²) in [6.45, 7) is 11.6. The normalized spacial score (nSPS) is 12.8. The summed E-state index contributed by atoms with van der Waals surface area (Å²) in [5, 5.41) is 4.00. The van der Waals surface area contributed by atoms with Crippen LogP contribution in [0.2, 0.25) is 5.02 Å². The van der Waals surface area contributed by atoms with Crippen LogP contribution >= 0.6 is 23.4 Å². The lowest BCUT2D eigenvalue weighted by atomic mass is 10.1. The highest BCUT2D eigenvalue weighted by Crippen LogP contribution is 2.24. The number of nitrogens with zero attached hydrogens (tertiary/aromatic N) is 2. The predicted octanol–water partition coefficient (Wildman–Crippen LogP) is 3.63. The quantitative estimate of drug-likeness (QED) is 0.489. The van der Waals surface area contributed by atoms with Crippen molar-refractivity contribution in [3.05, 3.63) is 46.2 Å². The molecule has 1 heterocycles. The zero-order valence-corrected chi connectivity index (χ0v) is 16.4. The number of aromatic nitrogens is 2. The Morgan fingerprint density at radius 1 is 1.48 bits per heavy atom. The van der Waals surface area contributed by atoms with Crippen molar-refractivity contribution in [2.75, 3.05) is 0 Å². The summed E-state index contributed by atoms with van der Waals surface area (Å²) in [4.78, 5) is 29.6. The molecule has 0 saturated carbocycles. The van der Waals surface area contributed by atoms with E-state index in [1.54, 1.807) is 31.2 Å². The Morgan fingerprint density at radius 3 is 2.76 bits per heavy atom. The molecule has 1 aromatic carbocycles. The topological polar surface area (TPSA) is 64.0 Å². The summed E-state index contributed by atoms with van der Waals surface area (Å²) in [6, 6.07) is 4.98. The number of nitrogens with one attached hydrogen (secondary N) is 1. The Kier molecular flexibility index (Phi) is 5.95. The summed E-state index contributed by atoms with van der Waals surface area (Å²) < 4.78 is 1.52. The molecule has 1 unspecified atom stereocenters. The Bertz CT molecular complexity index is 871. The van der Waals surface area contributed by atoms with E-state index in [1.165, 1.54) is 16.3 Å². The van der Waals surface area contributed by atoms with Gasteiger partial charge in [-0.25, -0.2) is 4.98 Å². The Morgan fingerprint density at radius 2 is 2.16 bits per heavy atom. The second-order valence-corrected chi connectivity index (χ2v) is 8.50. The van der Waals surface area contributed by atoms with Crippen molar-refractivity contribution in [1.82, 2.24) is 14.9 Å². The van der Waals surface area contributed by atoms with Crippen molar-refractivity contribution in [2.24, 2.45) is 0 Å². The minimum atomic E-state index is -0.404. The number of benzene rings is 1. The summed E-state index contributed by atoms with van der Waals surface area (Å²) in [5.41, 5.74) is 0.0213. The van der Waals surface area contributed by atoms with Gasteiger partial charge in [-0.1, -0.05) is 29.4 Å². The third-order valence-electron chi connectivity index (χ3n) is 3.34. The standard InChI is InChI=1S/C18H22ClN3O2S/c1-6-9-22-16(24)13-8-7-12(19)10-14(13)20-17(22)25-11(2)15(23)21-18(3,4)5/h6-8,10-11H,1,9H2,2-5H3,(H,21,23). The van der Waals surface area contributed by atoms with E-state index in [0.29, 0.717) is 27.6 Å². The number of fused-ring (bicyclic) bond motifs is 1. The highest BCUT2D eigenvalue weighted by molar-refractivity contribution is 8.00. The number of carbonyl (C=O) groups excluding carboxylic acids is 1. The van der Waals surface area contributed by atoms with Gasteiger partial charge >= 0.3 is 0 Å². The van der Waals surface area contributed by atoms with Crippen LogP contribution < -0.4 is 10.9 Å². The van der Waals surface area contributed by atoms with Crippen LogP contribution in [0, 0.1) is 0 Å². The molecule has 0 aliphatic carbocycles. The fraction of sp³-hybridized carbons (Fsp3) is 0.389. The average Bonchev–Trinajstić information content (AvgIpc) is 2.49. The molecule has 2 rings (SSSR count). The first-order valence-corrected chi connectivity index (χ1v) is 9.18. The van der Waals surface area contributed by atoms with E-state index in [0.717, 1.165) is 0 Å². The molecule has 0 bridgehead atoms. The Hall–Kier alpha value is -1.79. The number of hydrogen-bond donors (Lipinski definition) is 1. The van der Waals surface area contributed by atoms with Gasteiger partial charge in [0.05, 0.1) is 16.2 Å². The number of rotatable bonds is 5. The second-order valence-electron chi connectivity index (χ2n) is 6.76. The molecule has 1 atom stereocenters. The maximum absolute atomic E-state index is 12.7. The molecule has 0 radical (unpaired) electrons. The monoisotopic (exact) mass is 379 g/mol. The maximum atomic E-state index is 12.7. The molecule has 1 amide bonds. The van der Waals surface area contributed by atoms with Crippen LogP contribution in [0.5, 0.6) is 0 Å². The zero-order chi connectivity index (χ0) is 18.8. The van der Waals surface area contributed by atoms with Gasteiger partial charge in [-0.05, 0) is 45.9 Å². The van der Waals surface area contributed by atoms with Crippen LogP contribution in [0.25, 0.3) is 10.9 Å². The van der Waals surface area contributed by atoms with Crippen molar-refractivity contribution < 1.29 is 4.79 Å². The highest BCUT2D eigenvalue weighted by Gasteiger charge is 2.22. The summed E-state index contributed by atoms with van der Waals surface area (Å²) >= 11 is 7.26. The predicted molar refractivity (Wildman–Crippen MR) is 104 cm³/mol. The van der Waals surface area contributed by atoms with Crippen LogP contribution in [0.4, 0.5) is 0 Å². The molecule has 1 aromatic heterocycles. The van der Waals surface area contributed by atoms with E-state index >= 15 is 0 Å². The van der Waals surface area contributed by atoms with Crippen molar-refractivity contribution in [3.63, 3.8) is 0 Å². The Balaban J connectivity index is 2.45. The largest absolute Gasteiger partial charge is 0.351 e. The van der Waals surface area contributed by atoms with Gasteiger partial charge in [0.1, 0.15) is 0 Å². The van der Waals surface area contributed by atoms with Gasteiger partial charge in [0.15, 0.2) is 5.16 Å². The molecule has 0 fully saturated rings. The van der Waals surface area contributed by atoms with Gasteiger partial charge in [-0.2, -0.15) is 0 Å². The van der Waals surface area contributed by atoms with Crippen LogP contribution in [-0.2, 0) is 11.3 Å². The molecule has 2 aromatic rings. The summed E-state index contributed by atoms with van der Waals surface area (Å²) in [7, 11) is 0. The number of hydrogen-bond acceptors (Lipinski definition) is 4. The first-order chi connectivity index (χ1) is 11.6. The van der Waals surface area contributed by atoms with Gasteiger partial charge in [0, 0.05) is 17.1 Å². The van der Waals surface area contributed by atoms with Crippen LogP contribution in [0.3, 0.4) is 0 Å². The van der Waals surface area contributed by atoms with Crippen molar-refractivity contribution in [3.8, 4) is 0 Å². The number of allylic oxidation sites excluding steroid dienone is 1. The first-order valence-electron chi connectivity index (χ1n) is 7.92. The maximum Gasteiger partial charge on any atom is 0.262 e. The van der Waals surface area contributed by atoms with E-state index in [-0.39, 0.29) is 17.0 Å². The minimum absolute atomic E-state index is 0.108. The number of carbonyl (C=O) groups is 1. The lowest BCUT2D eigenvalue weighted by molar-refractivity contribution is -0.121. The fourth-order valence-electron chi connectivity index (χ4n) is 2.24. The van der Waals surface area contributed by atoms with Crippen LogP contribution in [0.15, 0.2) is 40.8 Å². The smallest absolute Gasteiger partial charge is 0.262 e. The van der Waals surface area contributed by atoms with E-state index in [1.807, 2.05) is 20.8 Å². The van der Waals surface area contributed by atoms with Gasteiger partial charge in [-0.3, -0.25) is 14.2 Å². The molecule has 0 aliphatic heterocycles. The van der Waals surface area contributed by atoms with E-state index in [9.17, 15) is 9.59 Å². The third kappa shape index (κ3) is 4.86. The van der Waals surface area contributed by atoms with Gasteiger partial charge in [0.25, 0.3) is 5.56 Å². The van der Waals surface area contributed by atoms with Crippen molar-refractivity contribution >= 4 is 40.2 Å². The SMILES string of the molecule is C=CCn1c(SC(C)C(=O)NC(C)(C)C)nc2cc(Cl)ccc2c1=O. The molecule has 0 spiro atoms. The summed E-state index contributed by atoms with van der Waals surface area (Å²) in [5.74, 6) is -0.108. The van der Waals surface area contributed by atoms with E-state index < -0.39 is 5.25 Å². The summed E-state index contributed by atoms with van der Waals surface area (Å²) in [6.07, 6.45) is 1.63. The van der Waals surface area contributed by atoms with Gasteiger partial charge < -0.3 is 5.32 Å². The van der Waals surface area contributed by atoms with E-state index in [2.05, 4.69) is 16.9 Å². The third-order valence-corrected chi connectivity index (χ3v) is 4.67. The molecule has 1 N–H and O–H groups in total. The molecule has 7 heteroatoms. The highest BCUT2D eigenvalue weighted by atomic mass is 35.5. The molecule has 0 saturated heterocycles. The van der Waals surface area contributed by atoms with E-state index in [4.69, 9.17) is 11.6 Å². The zero-order valence-electron chi connectivity index (χ0n) is 14.8. The number of amides is 1. The lowest BCUT2D eigenvalue weighted by Crippen LogP contribution is -2.44.